The molecule has 0 atom stereocenters. The smallest absolute Gasteiger partial charge is 0.217 e. The molecule has 1 aromatic rings. The number of hydrogen-bond donors (Lipinski definition) is 1. The first-order valence-corrected chi connectivity index (χ1v) is 5.11. The first kappa shape index (κ1) is 12.6. The first-order valence-electron chi connectivity index (χ1n) is 4.73. The van der Waals surface area contributed by atoms with E-state index in [0.29, 0.717) is 23.1 Å². The lowest BCUT2D eigenvalue weighted by molar-refractivity contribution is -0.119. The van der Waals surface area contributed by atoms with E-state index in [1.54, 1.807) is 26.4 Å². The third-order valence-corrected chi connectivity index (χ3v) is 2.43. The summed E-state index contributed by atoms with van der Waals surface area (Å²) in [5.41, 5.74) is 0.787. The quantitative estimate of drug-likeness (QED) is 0.880. The summed E-state index contributed by atoms with van der Waals surface area (Å²) >= 11 is 6.03. The van der Waals surface area contributed by atoms with Gasteiger partial charge in [-0.3, -0.25) is 4.79 Å². The molecule has 5 heteroatoms. The Balaban J connectivity index is 2.96. The van der Waals surface area contributed by atoms with Gasteiger partial charge in [0.1, 0.15) is 0 Å². The van der Waals surface area contributed by atoms with Crippen molar-refractivity contribution in [2.24, 2.45) is 0 Å². The van der Waals surface area contributed by atoms with Gasteiger partial charge in [0, 0.05) is 24.6 Å². The van der Waals surface area contributed by atoms with E-state index in [2.05, 4.69) is 5.32 Å². The molecule has 0 unspecified atom stereocenters. The third-order valence-electron chi connectivity index (χ3n) is 2.08. The van der Waals surface area contributed by atoms with Crippen LogP contribution < -0.4 is 14.8 Å². The highest BCUT2D eigenvalue weighted by Crippen LogP contribution is 2.32. The molecule has 16 heavy (non-hydrogen) atoms. The Morgan fingerprint density at radius 1 is 1.31 bits per heavy atom. The summed E-state index contributed by atoms with van der Waals surface area (Å²) in [4.78, 5) is 10.8. The largest absolute Gasteiger partial charge is 0.493 e. The van der Waals surface area contributed by atoms with E-state index in [9.17, 15) is 4.79 Å². The molecule has 1 N–H and O–H groups in total. The molecule has 1 aromatic carbocycles. The predicted molar refractivity (Wildman–Crippen MR) is 62.1 cm³/mol. The highest BCUT2D eigenvalue weighted by Gasteiger charge is 2.09. The van der Waals surface area contributed by atoms with Crippen LogP contribution in [0.4, 0.5) is 0 Å². The van der Waals surface area contributed by atoms with Gasteiger partial charge in [-0.1, -0.05) is 11.6 Å². The van der Waals surface area contributed by atoms with Crippen LogP contribution in [0.2, 0.25) is 5.02 Å². The van der Waals surface area contributed by atoms with Crippen LogP contribution in [-0.4, -0.2) is 20.1 Å². The Kier molecular flexibility index (Phi) is 4.43. The van der Waals surface area contributed by atoms with Crippen molar-refractivity contribution in [2.45, 2.75) is 13.5 Å². The number of carbonyl (C=O) groups is 1. The Bertz CT molecular complexity index is 393. The average Bonchev–Trinajstić information content (AvgIpc) is 2.26. The first-order chi connectivity index (χ1) is 7.58. The number of halogens is 1. The minimum absolute atomic E-state index is 0.106. The van der Waals surface area contributed by atoms with Crippen molar-refractivity contribution in [1.29, 1.82) is 0 Å². The molecule has 0 aromatic heterocycles. The van der Waals surface area contributed by atoms with Crippen molar-refractivity contribution < 1.29 is 14.3 Å². The van der Waals surface area contributed by atoms with Gasteiger partial charge in [-0.2, -0.15) is 0 Å². The lowest BCUT2D eigenvalue weighted by atomic mass is 10.2. The number of methoxy groups -OCH3 is 2. The van der Waals surface area contributed by atoms with E-state index < -0.39 is 0 Å². The average molecular weight is 244 g/mol. The topological polar surface area (TPSA) is 47.6 Å². The van der Waals surface area contributed by atoms with Gasteiger partial charge in [-0.15, -0.1) is 0 Å². The van der Waals surface area contributed by atoms with Crippen LogP contribution in [0, 0.1) is 0 Å². The maximum Gasteiger partial charge on any atom is 0.217 e. The van der Waals surface area contributed by atoms with Gasteiger partial charge in [-0.05, 0) is 11.6 Å². The number of hydrogen-bond acceptors (Lipinski definition) is 3. The van der Waals surface area contributed by atoms with Crippen molar-refractivity contribution >= 4 is 17.5 Å². The lowest BCUT2D eigenvalue weighted by Crippen LogP contribution is -2.19. The Labute approximate surface area is 99.5 Å². The molecular formula is C11H14ClNO3. The molecular weight excluding hydrogens is 230 g/mol. The number of carbonyl (C=O) groups excluding carboxylic acids is 1. The Morgan fingerprint density at radius 2 is 1.88 bits per heavy atom. The summed E-state index contributed by atoms with van der Waals surface area (Å²) in [7, 11) is 3.09. The van der Waals surface area contributed by atoms with E-state index >= 15 is 0 Å². The zero-order valence-electron chi connectivity index (χ0n) is 9.46. The van der Waals surface area contributed by atoms with E-state index in [1.807, 2.05) is 0 Å². The molecule has 1 rings (SSSR count). The van der Waals surface area contributed by atoms with Crippen LogP contribution in [0.25, 0.3) is 0 Å². The number of nitrogens with one attached hydrogen (secondary N) is 1. The maximum absolute atomic E-state index is 10.8. The summed E-state index contributed by atoms with van der Waals surface area (Å²) in [5.74, 6) is 1.05. The summed E-state index contributed by atoms with van der Waals surface area (Å²) in [6, 6.07) is 3.41. The minimum atomic E-state index is -0.106. The van der Waals surface area contributed by atoms with Gasteiger partial charge in [0.15, 0.2) is 11.5 Å². The standard InChI is InChI=1S/C11H14ClNO3/c1-7(14)13-6-8-4-10(15-2)11(16-3)5-9(8)12/h4-5H,6H2,1-3H3,(H,13,14). The summed E-state index contributed by atoms with van der Waals surface area (Å²) in [6.07, 6.45) is 0. The van der Waals surface area contributed by atoms with Crippen molar-refractivity contribution in [3.63, 3.8) is 0 Å². The second-order valence-electron chi connectivity index (χ2n) is 3.21. The molecule has 88 valence electrons. The maximum atomic E-state index is 10.8. The second-order valence-corrected chi connectivity index (χ2v) is 3.62. The SMILES string of the molecule is COc1cc(Cl)c(CNC(C)=O)cc1OC. The molecule has 0 aliphatic rings. The van der Waals surface area contributed by atoms with Crippen molar-refractivity contribution in [1.82, 2.24) is 5.32 Å². The van der Waals surface area contributed by atoms with Crippen LogP contribution in [0.3, 0.4) is 0 Å². The fraction of sp³-hybridized carbons (Fsp3) is 0.364. The minimum Gasteiger partial charge on any atom is -0.493 e. The lowest BCUT2D eigenvalue weighted by Gasteiger charge is -2.11. The van der Waals surface area contributed by atoms with Crippen molar-refractivity contribution in [3.05, 3.63) is 22.7 Å². The third kappa shape index (κ3) is 3.03. The van der Waals surface area contributed by atoms with Gasteiger partial charge < -0.3 is 14.8 Å². The van der Waals surface area contributed by atoms with E-state index in [1.165, 1.54) is 6.92 Å². The van der Waals surface area contributed by atoms with Gasteiger partial charge in [0.25, 0.3) is 0 Å². The van der Waals surface area contributed by atoms with E-state index in [-0.39, 0.29) is 5.91 Å². The highest BCUT2D eigenvalue weighted by molar-refractivity contribution is 6.31. The zero-order chi connectivity index (χ0) is 12.1. The van der Waals surface area contributed by atoms with Gasteiger partial charge in [-0.25, -0.2) is 0 Å². The van der Waals surface area contributed by atoms with Crippen molar-refractivity contribution in [3.8, 4) is 11.5 Å². The van der Waals surface area contributed by atoms with E-state index in [0.717, 1.165) is 5.56 Å². The Hall–Kier alpha value is -1.42. The summed E-state index contributed by atoms with van der Waals surface area (Å²) < 4.78 is 10.2. The van der Waals surface area contributed by atoms with Crippen LogP contribution >= 0.6 is 11.6 Å². The summed E-state index contributed by atoms with van der Waals surface area (Å²) in [6.45, 7) is 1.82. The summed E-state index contributed by atoms with van der Waals surface area (Å²) in [5, 5.41) is 3.21. The molecule has 0 saturated carbocycles. The normalized spacial score (nSPS) is 9.75. The zero-order valence-corrected chi connectivity index (χ0v) is 10.2. The van der Waals surface area contributed by atoms with Crippen molar-refractivity contribution in [2.75, 3.05) is 14.2 Å². The fourth-order valence-electron chi connectivity index (χ4n) is 1.25. The predicted octanol–water partition coefficient (Wildman–Crippen LogP) is 1.99. The Morgan fingerprint density at radius 3 is 2.38 bits per heavy atom. The number of amides is 1. The molecule has 0 aliphatic carbocycles. The van der Waals surface area contributed by atoms with Gasteiger partial charge in [0.05, 0.1) is 14.2 Å². The second kappa shape index (κ2) is 5.61. The van der Waals surface area contributed by atoms with Crippen LogP contribution in [0.1, 0.15) is 12.5 Å². The fourth-order valence-corrected chi connectivity index (χ4v) is 1.47. The molecule has 0 saturated heterocycles. The molecule has 4 nitrogen and oxygen atoms in total. The number of ether oxygens (including phenoxy) is 2. The monoisotopic (exact) mass is 243 g/mol. The molecule has 0 spiro atoms. The van der Waals surface area contributed by atoms with Crippen LogP contribution in [-0.2, 0) is 11.3 Å². The molecule has 0 fully saturated rings. The van der Waals surface area contributed by atoms with Gasteiger partial charge >= 0.3 is 0 Å². The number of rotatable bonds is 4. The highest BCUT2D eigenvalue weighted by atomic mass is 35.5. The van der Waals surface area contributed by atoms with E-state index in [4.69, 9.17) is 21.1 Å². The molecule has 0 radical (unpaired) electrons. The van der Waals surface area contributed by atoms with Gasteiger partial charge in [0.2, 0.25) is 5.91 Å². The molecule has 1 amide bonds. The molecule has 0 bridgehead atoms. The van der Waals surface area contributed by atoms with Crippen LogP contribution in [0.5, 0.6) is 11.5 Å². The number of benzene rings is 1. The molecule has 0 heterocycles. The molecule has 0 aliphatic heterocycles. The van der Waals surface area contributed by atoms with Crippen LogP contribution in [0.15, 0.2) is 12.1 Å².